The molecule has 10 heteroatoms. The third-order valence-corrected chi connectivity index (χ3v) is 5.46. The molecule has 3 aromatic rings. The van der Waals surface area contributed by atoms with E-state index >= 15 is 0 Å². The van der Waals surface area contributed by atoms with E-state index in [0.717, 1.165) is 0 Å². The molecule has 0 atom stereocenters. The lowest BCUT2D eigenvalue weighted by atomic mass is 9.99. The van der Waals surface area contributed by atoms with Gasteiger partial charge in [-0.1, -0.05) is 6.07 Å². The summed E-state index contributed by atoms with van der Waals surface area (Å²) in [6, 6.07) is 7.93. The molecule has 0 amide bonds. The summed E-state index contributed by atoms with van der Waals surface area (Å²) >= 11 is 0. The molecule has 0 spiro atoms. The van der Waals surface area contributed by atoms with E-state index < -0.39 is 10.9 Å². The standard InChI is InChI=1S/C23H25N3O7/c1-12-20(14-7-8-16(24)17(9-14)26(28)29)21(23(27)33-6)13(2)25(12)15-10-18(30-3)22(32-5)19(11-15)31-4/h7-11H,24H2,1-6H3. The number of esters is 1. The Morgan fingerprint density at radius 3 is 2.06 bits per heavy atom. The first kappa shape index (κ1) is 23.5. The Morgan fingerprint density at radius 1 is 0.970 bits per heavy atom. The van der Waals surface area contributed by atoms with E-state index in [-0.39, 0.29) is 16.9 Å². The van der Waals surface area contributed by atoms with Gasteiger partial charge >= 0.3 is 5.97 Å². The molecule has 174 valence electrons. The third-order valence-electron chi connectivity index (χ3n) is 5.46. The minimum atomic E-state index is -0.573. The average molecular weight is 455 g/mol. The van der Waals surface area contributed by atoms with Gasteiger partial charge in [-0.05, 0) is 25.5 Å². The number of nitro groups is 1. The van der Waals surface area contributed by atoms with Crippen LogP contribution in [-0.2, 0) is 4.74 Å². The molecule has 10 nitrogen and oxygen atoms in total. The number of nitrogen functional groups attached to an aromatic ring is 1. The topological polar surface area (TPSA) is 128 Å². The van der Waals surface area contributed by atoms with Gasteiger partial charge in [0.05, 0.1) is 44.6 Å². The van der Waals surface area contributed by atoms with E-state index in [1.807, 2.05) is 4.57 Å². The van der Waals surface area contributed by atoms with Crippen LogP contribution < -0.4 is 19.9 Å². The number of rotatable bonds is 7. The molecule has 0 aliphatic heterocycles. The summed E-state index contributed by atoms with van der Waals surface area (Å²) in [6.07, 6.45) is 0. The minimum Gasteiger partial charge on any atom is -0.493 e. The quantitative estimate of drug-likeness (QED) is 0.244. The summed E-state index contributed by atoms with van der Waals surface area (Å²) in [6.45, 7) is 3.57. The van der Waals surface area contributed by atoms with E-state index in [1.54, 1.807) is 32.0 Å². The summed E-state index contributed by atoms with van der Waals surface area (Å²) in [5.74, 6) is 0.720. The van der Waals surface area contributed by atoms with Crippen LogP contribution >= 0.6 is 0 Å². The number of hydrogen-bond acceptors (Lipinski definition) is 8. The molecule has 33 heavy (non-hydrogen) atoms. The zero-order chi connectivity index (χ0) is 24.4. The zero-order valence-electron chi connectivity index (χ0n) is 19.2. The van der Waals surface area contributed by atoms with Crippen molar-refractivity contribution in [1.29, 1.82) is 0 Å². The smallest absolute Gasteiger partial charge is 0.340 e. The molecule has 2 N–H and O–H groups in total. The zero-order valence-corrected chi connectivity index (χ0v) is 19.2. The van der Waals surface area contributed by atoms with Crippen LogP contribution in [0.3, 0.4) is 0 Å². The van der Waals surface area contributed by atoms with Crippen molar-refractivity contribution in [1.82, 2.24) is 4.57 Å². The lowest BCUT2D eigenvalue weighted by Crippen LogP contribution is -2.06. The summed E-state index contributed by atoms with van der Waals surface area (Å²) in [5, 5.41) is 11.4. The van der Waals surface area contributed by atoms with Crippen LogP contribution in [0.15, 0.2) is 30.3 Å². The molecular weight excluding hydrogens is 430 g/mol. The van der Waals surface area contributed by atoms with Crippen molar-refractivity contribution in [2.24, 2.45) is 0 Å². The molecule has 2 aromatic carbocycles. The third kappa shape index (κ3) is 3.91. The summed E-state index contributed by atoms with van der Waals surface area (Å²) < 4.78 is 23.2. The Hall–Kier alpha value is -4.21. The maximum atomic E-state index is 12.8. The Labute approximate surface area is 190 Å². The molecule has 3 rings (SSSR count). The Bertz CT molecular complexity index is 1220. The van der Waals surface area contributed by atoms with Crippen molar-refractivity contribution in [3.05, 3.63) is 57.4 Å². The number of aromatic nitrogens is 1. The minimum absolute atomic E-state index is 0.0294. The molecule has 0 saturated heterocycles. The molecule has 1 aromatic heterocycles. The second-order valence-electron chi connectivity index (χ2n) is 7.16. The van der Waals surface area contributed by atoms with Crippen molar-refractivity contribution in [3.63, 3.8) is 0 Å². The first-order valence-electron chi connectivity index (χ1n) is 9.84. The Kier molecular flexibility index (Phi) is 6.47. The molecule has 1 heterocycles. The Morgan fingerprint density at radius 2 is 1.58 bits per heavy atom. The number of nitrogens with zero attached hydrogens (tertiary/aromatic N) is 2. The van der Waals surface area contributed by atoms with Gasteiger partial charge in [0.15, 0.2) is 11.5 Å². The maximum Gasteiger partial charge on any atom is 0.340 e. The van der Waals surface area contributed by atoms with Gasteiger partial charge in [-0.25, -0.2) is 4.79 Å². The SMILES string of the molecule is COC(=O)c1c(-c2ccc(N)c([N+](=O)[O-])c2)c(C)n(-c2cc(OC)c(OC)c(OC)c2)c1C. The highest BCUT2D eigenvalue weighted by Gasteiger charge is 2.28. The van der Waals surface area contributed by atoms with Crippen molar-refractivity contribution in [2.45, 2.75) is 13.8 Å². The lowest BCUT2D eigenvalue weighted by molar-refractivity contribution is -0.383. The molecule has 0 aliphatic rings. The van der Waals surface area contributed by atoms with Crippen LogP contribution in [0.5, 0.6) is 17.2 Å². The van der Waals surface area contributed by atoms with Crippen molar-refractivity contribution in [3.8, 4) is 34.1 Å². The first-order valence-corrected chi connectivity index (χ1v) is 9.84. The summed E-state index contributed by atoms with van der Waals surface area (Å²) in [4.78, 5) is 23.7. The number of nitro benzene ring substituents is 1. The van der Waals surface area contributed by atoms with Gasteiger partial charge < -0.3 is 29.2 Å². The second-order valence-corrected chi connectivity index (χ2v) is 7.16. The van der Waals surface area contributed by atoms with Crippen molar-refractivity contribution >= 4 is 17.3 Å². The van der Waals surface area contributed by atoms with Crippen LogP contribution in [0.4, 0.5) is 11.4 Å². The highest BCUT2D eigenvalue weighted by Crippen LogP contribution is 2.42. The predicted octanol–water partition coefficient (Wildman–Crippen LogP) is 4.06. The van der Waals surface area contributed by atoms with Gasteiger partial charge in [-0.15, -0.1) is 0 Å². The average Bonchev–Trinajstić information content (AvgIpc) is 3.07. The fraction of sp³-hybridized carbons (Fsp3) is 0.261. The van der Waals surface area contributed by atoms with E-state index in [4.69, 9.17) is 24.7 Å². The van der Waals surface area contributed by atoms with Crippen LogP contribution in [0.2, 0.25) is 0 Å². The largest absolute Gasteiger partial charge is 0.493 e. The normalized spacial score (nSPS) is 10.6. The number of ether oxygens (including phenoxy) is 4. The predicted molar refractivity (Wildman–Crippen MR) is 123 cm³/mol. The highest BCUT2D eigenvalue weighted by molar-refractivity contribution is 6.00. The van der Waals surface area contributed by atoms with Crippen LogP contribution in [0, 0.1) is 24.0 Å². The Balaban J connectivity index is 2.38. The molecule has 0 fully saturated rings. The number of carbonyl (C=O) groups is 1. The van der Waals surface area contributed by atoms with Gasteiger partial charge in [0.2, 0.25) is 5.75 Å². The van der Waals surface area contributed by atoms with Crippen LogP contribution in [0.1, 0.15) is 21.7 Å². The van der Waals surface area contributed by atoms with Crippen molar-refractivity contribution in [2.75, 3.05) is 34.2 Å². The van der Waals surface area contributed by atoms with Gasteiger partial charge in [0, 0.05) is 35.2 Å². The molecule has 0 bridgehead atoms. The first-order chi connectivity index (χ1) is 15.7. The van der Waals surface area contributed by atoms with E-state index in [2.05, 4.69) is 0 Å². The molecule has 0 unspecified atom stereocenters. The molecule has 0 radical (unpaired) electrons. The summed E-state index contributed by atoms with van der Waals surface area (Å²) in [7, 11) is 5.81. The van der Waals surface area contributed by atoms with Crippen LogP contribution in [-0.4, -0.2) is 43.9 Å². The fourth-order valence-electron chi connectivity index (χ4n) is 3.98. The van der Waals surface area contributed by atoms with E-state index in [0.29, 0.717) is 45.5 Å². The van der Waals surface area contributed by atoms with E-state index in [9.17, 15) is 14.9 Å². The molecule has 0 saturated carbocycles. The number of hydrogen-bond donors (Lipinski definition) is 1. The van der Waals surface area contributed by atoms with E-state index in [1.165, 1.54) is 40.6 Å². The number of methoxy groups -OCH3 is 4. The van der Waals surface area contributed by atoms with Gasteiger partial charge in [-0.3, -0.25) is 10.1 Å². The van der Waals surface area contributed by atoms with Crippen molar-refractivity contribution < 1.29 is 28.7 Å². The fourth-order valence-corrected chi connectivity index (χ4v) is 3.98. The monoisotopic (exact) mass is 455 g/mol. The van der Waals surface area contributed by atoms with Gasteiger partial charge in [0.1, 0.15) is 5.69 Å². The van der Waals surface area contributed by atoms with Gasteiger partial charge in [0.25, 0.3) is 5.69 Å². The molecule has 0 aliphatic carbocycles. The number of nitrogens with two attached hydrogens (primary N) is 1. The number of benzene rings is 2. The summed E-state index contributed by atoms with van der Waals surface area (Å²) in [5.41, 5.74) is 8.65. The highest BCUT2D eigenvalue weighted by atomic mass is 16.6. The van der Waals surface area contributed by atoms with Gasteiger partial charge in [-0.2, -0.15) is 0 Å². The lowest BCUT2D eigenvalue weighted by Gasteiger charge is -2.17. The number of anilines is 1. The molecular formula is C23H25N3O7. The number of carbonyl (C=O) groups excluding carboxylic acids is 1. The van der Waals surface area contributed by atoms with Crippen LogP contribution in [0.25, 0.3) is 16.8 Å². The second kappa shape index (κ2) is 9.11. The maximum absolute atomic E-state index is 12.8.